The number of hydrogen-bond donors (Lipinski definition) is 0. The van der Waals surface area contributed by atoms with Crippen molar-refractivity contribution in [1.29, 1.82) is 0 Å². The molecule has 0 amide bonds. The molecule has 1 aliphatic heterocycles. The number of aryl methyl sites for hydroxylation is 1. The first-order chi connectivity index (χ1) is 32.3. The van der Waals surface area contributed by atoms with Crippen molar-refractivity contribution < 1.29 is 9.47 Å². The molecule has 3 aliphatic carbocycles. The number of benzene rings is 9. The second-order valence-corrected chi connectivity index (χ2v) is 17.4. The van der Waals surface area contributed by atoms with E-state index in [1.54, 1.807) is 0 Å². The molecule has 2 heterocycles. The Labute approximate surface area is 377 Å². The van der Waals surface area contributed by atoms with E-state index in [1.165, 1.54) is 77.9 Å². The maximum atomic E-state index is 7.14. The Hall–Kier alpha value is -8.34. The van der Waals surface area contributed by atoms with E-state index in [1.807, 2.05) is 6.07 Å². The Kier molecular flexibility index (Phi) is 7.70. The van der Waals surface area contributed by atoms with Gasteiger partial charge in [0.15, 0.2) is 23.0 Å². The van der Waals surface area contributed by atoms with Gasteiger partial charge in [-0.15, -0.1) is 0 Å². The van der Waals surface area contributed by atoms with Gasteiger partial charge in [0.25, 0.3) is 0 Å². The highest BCUT2D eigenvalue weighted by molar-refractivity contribution is 5.99. The lowest BCUT2D eigenvalue weighted by atomic mass is 9.70. The molecule has 0 bridgehead atoms. The molecular weight excluding hydrogens is 793 g/mol. The van der Waals surface area contributed by atoms with Crippen molar-refractivity contribution in [1.82, 2.24) is 4.57 Å². The Balaban J connectivity index is 0.865. The van der Waals surface area contributed by atoms with Gasteiger partial charge < -0.3 is 18.9 Å². The number of para-hydroxylation sites is 3. The van der Waals surface area contributed by atoms with Crippen molar-refractivity contribution in [3.8, 4) is 62.1 Å². The number of rotatable bonds is 5. The molecule has 65 heavy (non-hydrogen) atoms. The van der Waals surface area contributed by atoms with Crippen LogP contribution in [0.4, 0.5) is 17.1 Å². The number of fused-ring (bicyclic) bond motifs is 16. The maximum Gasteiger partial charge on any atom is 0.194 e. The van der Waals surface area contributed by atoms with Crippen LogP contribution in [0.25, 0.3) is 56.0 Å². The van der Waals surface area contributed by atoms with Crippen molar-refractivity contribution in [2.45, 2.75) is 18.3 Å². The van der Waals surface area contributed by atoms with Crippen LogP contribution in [0.3, 0.4) is 0 Å². The minimum Gasteiger partial charge on any atom is -0.449 e. The summed E-state index contributed by atoms with van der Waals surface area (Å²) in [6.45, 7) is 0. The number of allylic oxidation sites excluding steroid dienone is 1. The van der Waals surface area contributed by atoms with Gasteiger partial charge in [-0.1, -0.05) is 146 Å². The Bertz CT molecular complexity index is 3560. The third kappa shape index (κ3) is 5.08. The van der Waals surface area contributed by atoms with Gasteiger partial charge in [-0.25, -0.2) is 0 Å². The topological polar surface area (TPSA) is 26.6 Å². The van der Waals surface area contributed by atoms with Crippen molar-refractivity contribution in [2.75, 3.05) is 4.90 Å². The monoisotopic (exact) mass is 832 g/mol. The van der Waals surface area contributed by atoms with Gasteiger partial charge in [0, 0.05) is 33.7 Å². The number of ether oxygens (including phenoxy) is 2. The van der Waals surface area contributed by atoms with Crippen LogP contribution in [0.2, 0.25) is 0 Å². The summed E-state index contributed by atoms with van der Waals surface area (Å²) in [4.78, 5) is 2.27. The Morgan fingerprint density at radius 1 is 0.477 bits per heavy atom. The van der Waals surface area contributed by atoms with Crippen LogP contribution in [-0.4, -0.2) is 4.57 Å². The summed E-state index contributed by atoms with van der Waals surface area (Å²) in [5.74, 6) is 2.81. The number of anilines is 3. The summed E-state index contributed by atoms with van der Waals surface area (Å²) in [6, 6.07) is 74.3. The van der Waals surface area contributed by atoms with Gasteiger partial charge in [-0.05, 0) is 141 Å². The SMILES string of the molecule is C1=Cc2c(c3cc(-c4ccc(N(c5ccccc5)c5cccc6c5Oc5ccc7c(c5O6)-c5ccccc5C75c6ccccc6-c6ccccc65)cc4)ccc3n2-c2ccccc2)CC1. The van der Waals surface area contributed by atoms with Crippen LogP contribution in [0, 0.1) is 0 Å². The van der Waals surface area contributed by atoms with Crippen LogP contribution in [-0.2, 0) is 11.8 Å². The molecule has 306 valence electrons. The highest BCUT2D eigenvalue weighted by Crippen LogP contribution is 2.66. The summed E-state index contributed by atoms with van der Waals surface area (Å²) < 4.78 is 16.7. The molecule has 1 spiro atoms. The third-order valence-corrected chi connectivity index (χ3v) is 14.1. The van der Waals surface area contributed by atoms with Crippen LogP contribution in [0.5, 0.6) is 23.0 Å². The largest absolute Gasteiger partial charge is 0.449 e. The zero-order chi connectivity index (χ0) is 42.6. The van der Waals surface area contributed by atoms with Gasteiger partial charge in [-0.2, -0.15) is 0 Å². The Morgan fingerprint density at radius 3 is 1.85 bits per heavy atom. The molecule has 0 unspecified atom stereocenters. The average molecular weight is 833 g/mol. The van der Waals surface area contributed by atoms with Crippen molar-refractivity contribution >= 4 is 34.0 Å². The molecule has 0 N–H and O–H groups in total. The van der Waals surface area contributed by atoms with Crippen molar-refractivity contribution in [2.24, 2.45) is 0 Å². The fourth-order valence-electron chi connectivity index (χ4n) is 11.5. The predicted molar refractivity (Wildman–Crippen MR) is 264 cm³/mol. The fraction of sp³-hybridized carbons (Fsp3) is 0.0492. The summed E-state index contributed by atoms with van der Waals surface area (Å²) in [7, 11) is 0. The fourth-order valence-corrected chi connectivity index (χ4v) is 11.5. The van der Waals surface area contributed by atoms with E-state index in [4.69, 9.17) is 9.47 Å². The molecule has 1 aromatic heterocycles. The first-order valence-corrected chi connectivity index (χ1v) is 22.6. The lowest BCUT2D eigenvalue weighted by molar-refractivity contribution is 0.361. The van der Waals surface area contributed by atoms with E-state index in [-0.39, 0.29) is 0 Å². The molecule has 0 fully saturated rings. The first-order valence-electron chi connectivity index (χ1n) is 22.6. The minimum atomic E-state index is -0.467. The number of aromatic nitrogens is 1. The average Bonchev–Trinajstić information content (AvgIpc) is 3.99. The lowest BCUT2D eigenvalue weighted by Gasteiger charge is -2.32. The molecule has 0 saturated carbocycles. The third-order valence-electron chi connectivity index (χ3n) is 14.1. The van der Waals surface area contributed by atoms with Gasteiger partial charge >= 0.3 is 0 Å². The van der Waals surface area contributed by atoms with Crippen LogP contribution >= 0.6 is 0 Å². The van der Waals surface area contributed by atoms with E-state index in [2.05, 4.69) is 222 Å². The molecule has 10 aromatic rings. The molecule has 0 saturated heterocycles. The number of hydrogen-bond acceptors (Lipinski definition) is 3. The van der Waals surface area contributed by atoms with Gasteiger partial charge in [0.1, 0.15) is 0 Å². The van der Waals surface area contributed by atoms with Gasteiger partial charge in [0.2, 0.25) is 0 Å². The quantitative estimate of drug-likeness (QED) is 0.173. The zero-order valence-electron chi connectivity index (χ0n) is 35.4. The second-order valence-electron chi connectivity index (χ2n) is 17.4. The van der Waals surface area contributed by atoms with E-state index < -0.39 is 5.41 Å². The molecule has 0 atom stereocenters. The van der Waals surface area contributed by atoms with Crippen molar-refractivity contribution in [3.05, 3.63) is 246 Å². The van der Waals surface area contributed by atoms with E-state index >= 15 is 0 Å². The van der Waals surface area contributed by atoms with E-state index in [0.29, 0.717) is 17.2 Å². The van der Waals surface area contributed by atoms with Crippen molar-refractivity contribution in [3.63, 3.8) is 0 Å². The summed E-state index contributed by atoms with van der Waals surface area (Å²) in [5.41, 5.74) is 19.9. The zero-order valence-corrected chi connectivity index (χ0v) is 35.4. The molecule has 4 aliphatic rings. The lowest BCUT2D eigenvalue weighted by Crippen LogP contribution is -2.25. The molecular formula is C61H40N2O2. The molecule has 9 aromatic carbocycles. The van der Waals surface area contributed by atoms with Gasteiger partial charge in [0.05, 0.1) is 16.6 Å². The highest BCUT2D eigenvalue weighted by atomic mass is 16.6. The van der Waals surface area contributed by atoms with Crippen LogP contribution in [0.15, 0.2) is 212 Å². The van der Waals surface area contributed by atoms with Crippen LogP contribution in [0.1, 0.15) is 39.9 Å². The Morgan fingerprint density at radius 2 is 1.09 bits per heavy atom. The van der Waals surface area contributed by atoms with E-state index in [0.717, 1.165) is 41.2 Å². The molecule has 4 heteroatoms. The van der Waals surface area contributed by atoms with E-state index in [9.17, 15) is 0 Å². The normalized spacial score (nSPS) is 14.0. The maximum absolute atomic E-state index is 7.14. The highest BCUT2D eigenvalue weighted by Gasteiger charge is 2.53. The first kappa shape index (κ1) is 36.2. The predicted octanol–water partition coefficient (Wildman–Crippen LogP) is 16.0. The molecule has 4 nitrogen and oxygen atoms in total. The van der Waals surface area contributed by atoms with Crippen LogP contribution < -0.4 is 14.4 Å². The molecule has 0 radical (unpaired) electrons. The summed E-state index contributed by atoms with van der Waals surface area (Å²) >= 11 is 0. The summed E-state index contributed by atoms with van der Waals surface area (Å²) in [5, 5.41) is 1.32. The minimum absolute atomic E-state index is 0.467. The second kappa shape index (κ2) is 13.8. The molecule has 14 rings (SSSR count). The standard InChI is InChI=1S/C61H40N2O2/c1-3-16-41(17-4-1)62(43-33-30-39(31-34-43)40-32-36-54-48(38-40)46-22-10-14-27-53(46)63(54)42-18-5-2-6-19-42)55-28-15-29-56-59(55)64-57-37-35-52-58(60(57)65-56)47-23-9-13-26-51(47)61(52)49-24-11-7-20-44(49)45-21-8-12-25-50(45)61/h1-9,11-21,23-38H,10,22H2. The summed E-state index contributed by atoms with van der Waals surface area (Å²) in [6.07, 6.45) is 6.68. The van der Waals surface area contributed by atoms with Gasteiger partial charge in [-0.3, -0.25) is 0 Å². The smallest absolute Gasteiger partial charge is 0.194 e. The number of nitrogens with zero attached hydrogens (tertiary/aromatic N) is 2.